The molecule has 0 bridgehead atoms. The minimum absolute atomic E-state index is 0.460. The van der Waals surface area contributed by atoms with Gasteiger partial charge in [0.15, 0.2) is 0 Å². The van der Waals surface area contributed by atoms with E-state index in [1.165, 1.54) is 0 Å². The molecule has 3 rings (SSSR count). The molecule has 0 spiro atoms. The largest absolute Gasteiger partial charge is 0.496 e. The molecule has 0 aliphatic heterocycles. The molecule has 2 heterocycles. The van der Waals surface area contributed by atoms with E-state index in [0.717, 1.165) is 31.1 Å². The minimum atomic E-state index is 0.460. The molecule has 3 aromatic rings. The summed E-state index contributed by atoms with van der Waals surface area (Å²) in [5, 5.41) is 9.18. The van der Waals surface area contributed by atoms with Crippen LogP contribution in [0.3, 0.4) is 0 Å². The second-order valence-electron chi connectivity index (χ2n) is 3.57. The molecule has 0 fully saturated rings. The monoisotopic (exact) mass is 359 g/mol. The lowest BCUT2D eigenvalue weighted by atomic mass is 10.1. The quantitative estimate of drug-likeness (QED) is 0.535. The second kappa shape index (κ2) is 3.99. The van der Waals surface area contributed by atoms with Crippen molar-refractivity contribution in [1.82, 2.24) is 15.2 Å². The highest BCUT2D eigenvalue weighted by molar-refractivity contribution is 14.1. The molecule has 0 radical (unpaired) electrons. The molecule has 0 aliphatic rings. The number of hydrogen-bond acceptors (Lipinski definition) is 3. The molecule has 1 aromatic carbocycles. The number of aromatic nitrogens is 3. The van der Waals surface area contributed by atoms with Crippen molar-refractivity contribution in [2.24, 2.45) is 0 Å². The molecule has 2 aromatic heterocycles. The highest BCUT2D eigenvalue weighted by Gasteiger charge is 2.11. The summed E-state index contributed by atoms with van der Waals surface area (Å²) in [5.74, 6) is 0.818. The van der Waals surface area contributed by atoms with E-state index >= 15 is 0 Å². The standard InChI is InChI=1S/C11H7ClIN3O/c1-17-9-2-5-8(3-7(9)13)15-11(12)6-4-14-16-10(5)6/h2-4H,1H3,(H,14,16). The maximum Gasteiger partial charge on any atom is 0.140 e. The lowest BCUT2D eigenvalue weighted by Crippen LogP contribution is -1.90. The summed E-state index contributed by atoms with van der Waals surface area (Å²) in [4.78, 5) is 4.36. The number of H-pyrrole nitrogens is 1. The molecule has 1 N–H and O–H groups in total. The Kier molecular flexibility index (Phi) is 2.59. The number of rotatable bonds is 1. The maximum atomic E-state index is 6.10. The highest BCUT2D eigenvalue weighted by Crippen LogP contribution is 2.32. The van der Waals surface area contributed by atoms with Gasteiger partial charge in [-0.1, -0.05) is 11.6 Å². The van der Waals surface area contributed by atoms with Crippen molar-refractivity contribution in [1.29, 1.82) is 0 Å². The van der Waals surface area contributed by atoms with Crippen LogP contribution in [-0.2, 0) is 0 Å². The number of methoxy groups -OCH3 is 1. The third-order valence-electron chi connectivity index (χ3n) is 2.62. The van der Waals surface area contributed by atoms with E-state index in [-0.39, 0.29) is 0 Å². The first-order valence-corrected chi connectivity index (χ1v) is 6.32. The Morgan fingerprint density at radius 2 is 2.18 bits per heavy atom. The first kappa shape index (κ1) is 11.0. The number of benzene rings is 1. The zero-order valence-electron chi connectivity index (χ0n) is 8.79. The molecular weight excluding hydrogens is 352 g/mol. The van der Waals surface area contributed by atoms with Crippen molar-refractivity contribution in [3.05, 3.63) is 27.1 Å². The number of pyridine rings is 1. The van der Waals surface area contributed by atoms with Gasteiger partial charge in [0.1, 0.15) is 10.9 Å². The number of nitrogens with one attached hydrogen (secondary N) is 1. The Balaban J connectivity index is 2.51. The highest BCUT2D eigenvalue weighted by atomic mass is 127. The maximum absolute atomic E-state index is 6.10. The van der Waals surface area contributed by atoms with E-state index in [0.29, 0.717) is 5.15 Å². The van der Waals surface area contributed by atoms with Gasteiger partial charge in [0.25, 0.3) is 0 Å². The van der Waals surface area contributed by atoms with E-state index in [2.05, 4.69) is 37.8 Å². The number of ether oxygens (including phenoxy) is 1. The summed E-state index contributed by atoms with van der Waals surface area (Å²) in [6.45, 7) is 0. The van der Waals surface area contributed by atoms with Gasteiger partial charge in [-0.05, 0) is 34.7 Å². The number of hydrogen-bond donors (Lipinski definition) is 1. The van der Waals surface area contributed by atoms with Gasteiger partial charge in [-0.15, -0.1) is 0 Å². The Bertz CT molecular complexity index is 725. The van der Waals surface area contributed by atoms with Crippen molar-refractivity contribution < 1.29 is 4.74 Å². The van der Waals surface area contributed by atoms with Crippen LogP contribution in [0, 0.1) is 3.57 Å². The molecule has 0 unspecified atom stereocenters. The molecule has 0 atom stereocenters. The molecular formula is C11H7ClIN3O. The third-order valence-corrected chi connectivity index (χ3v) is 3.75. The molecule has 17 heavy (non-hydrogen) atoms. The Labute approximate surface area is 115 Å². The molecule has 0 saturated heterocycles. The smallest absolute Gasteiger partial charge is 0.140 e. The summed E-state index contributed by atoms with van der Waals surface area (Å²) in [6, 6.07) is 3.89. The van der Waals surface area contributed by atoms with Crippen molar-refractivity contribution >= 4 is 56.0 Å². The molecule has 6 heteroatoms. The molecule has 86 valence electrons. The van der Waals surface area contributed by atoms with Gasteiger partial charge in [-0.2, -0.15) is 5.10 Å². The summed E-state index contributed by atoms with van der Waals surface area (Å²) in [5.41, 5.74) is 1.71. The third kappa shape index (κ3) is 1.64. The van der Waals surface area contributed by atoms with Crippen LogP contribution in [0.4, 0.5) is 0 Å². The van der Waals surface area contributed by atoms with Gasteiger partial charge in [0.2, 0.25) is 0 Å². The fourth-order valence-electron chi connectivity index (χ4n) is 1.81. The predicted molar refractivity (Wildman–Crippen MR) is 75.7 cm³/mol. The van der Waals surface area contributed by atoms with Crippen LogP contribution >= 0.6 is 34.2 Å². The number of fused-ring (bicyclic) bond motifs is 3. The van der Waals surface area contributed by atoms with Crippen LogP contribution in [-0.4, -0.2) is 22.3 Å². The Hall–Kier alpha value is -1.08. The zero-order chi connectivity index (χ0) is 12.0. The lowest BCUT2D eigenvalue weighted by molar-refractivity contribution is 0.412. The van der Waals surface area contributed by atoms with E-state index < -0.39 is 0 Å². The van der Waals surface area contributed by atoms with E-state index in [4.69, 9.17) is 16.3 Å². The minimum Gasteiger partial charge on any atom is -0.496 e. The van der Waals surface area contributed by atoms with Crippen molar-refractivity contribution in [3.63, 3.8) is 0 Å². The van der Waals surface area contributed by atoms with Crippen molar-refractivity contribution in [3.8, 4) is 5.75 Å². The lowest BCUT2D eigenvalue weighted by Gasteiger charge is -2.06. The average molecular weight is 360 g/mol. The van der Waals surface area contributed by atoms with Crippen LogP contribution in [0.25, 0.3) is 21.8 Å². The number of aromatic amines is 1. The normalized spacial score (nSPS) is 11.2. The van der Waals surface area contributed by atoms with Crippen LogP contribution in [0.2, 0.25) is 5.15 Å². The number of halogens is 2. The summed E-state index contributed by atoms with van der Waals surface area (Å²) in [7, 11) is 1.65. The van der Waals surface area contributed by atoms with Crippen molar-refractivity contribution in [2.75, 3.05) is 7.11 Å². The first-order chi connectivity index (χ1) is 8.20. The fraction of sp³-hybridized carbons (Fsp3) is 0.0909. The molecule has 0 amide bonds. The zero-order valence-corrected chi connectivity index (χ0v) is 11.7. The summed E-state index contributed by atoms with van der Waals surface area (Å²) < 4.78 is 6.31. The van der Waals surface area contributed by atoms with Crippen molar-refractivity contribution in [2.45, 2.75) is 0 Å². The first-order valence-electron chi connectivity index (χ1n) is 4.86. The van der Waals surface area contributed by atoms with Gasteiger partial charge in [0.05, 0.1) is 33.3 Å². The van der Waals surface area contributed by atoms with E-state index in [9.17, 15) is 0 Å². The number of nitrogens with zero attached hydrogens (tertiary/aromatic N) is 2. The van der Waals surface area contributed by atoms with Gasteiger partial charge < -0.3 is 4.74 Å². The van der Waals surface area contributed by atoms with E-state index in [1.807, 2.05) is 12.1 Å². The van der Waals surface area contributed by atoms with Gasteiger partial charge >= 0.3 is 0 Å². The van der Waals surface area contributed by atoms with Crippen LogP contribution in [0.5, 0.6) is 5.75 Å². The van der Waals surface area contributed by atoms with E-state index in [1.54, 1.807) is 13.3 Å². The van der Waals surface area contributed by atoms with Gasteiger partial charge in [0, 0.05) is 5.39 Å². The van der Waals surface area contributed by atoms with Crippen LogP contribution in [0.15, 0.2) is 18.3 Å². The predicted octanol–water partition coefficient (Wildman–Crippen LogP) is 3.38. The Morgan fingerprint density at radius 3 is 2.94 bits per heavy atom. The topological polar surface area (TPSA) is 50.8 Å². The molecule has 0 saturated carbocycles. The molecule has 4 nitrogen and oxygen atoms in total. The summed E-state index contributed by atoms with van der Waals surface area (Å²) >= 11 is 8.31. The van der Waals surface area contributed by atoms with Gasteiger partial charge in [-0.25, -0.2) is 4.98 Å². The average Bonchev–Trinajstić information content (AvgIpc) is 2.78. The van der Waals surface area contributed by atoms with Gasteiger partial charge in [-0.3, -0.25) is 5.10 Å². The second-order valence-corrected chi connectivity index (χ2v) is 5.09. The SMILES string of the molecule is COc1cc2c(cc1I)nc(Cl)c1cn[nH]c12. The Morgan fingerprint density at radius 1 is 1.35 bits per heavy atom. The van der Waals surface area contributed by atoms with Crippen LogP contribution in [0.1, 0.15) is 0 Å². The molecule has 0 aliphatic carbocycles. The fourth-order valence-corrected chi connectivity index (χ4v) is 2.71. The summed E-state index contributed by atoms with van der Waals surface area (Å²) in [6.07, 6.45) is 1.68. The van der Waals surface area contributed by atoms with Crippen LogP contribution < -0.4 is 4.74 Å².